The van der Waals surface area contributed by atoms with Crippen molar-refractivity contribution in [2.45, 2.75) is 59.2 Å². The number of aliphatic hydroxyl groups is 1. The third kappa shape index (κ3) is 5.65. The molecule has 0 spiro atoms. The van der Waals surface area contributed by atoms with Gasteiger partial charge in [0.2, 0.25) is 0 Å². The maximum atomic E-state index is 10.9. The lowest BCUT2D eigenvalue weighted by Crippen LogP contribution is -2.46. The number of hydrogen-bond donors (Lipinski definition) is 2. The average molecular weight is 589 g/mol. The number of aliphatic hydroxyl groups excluding tert-OH is 1. The molecule has 29 heavy (non-hydrogen) atoms. The number of aromatic nitrogens is 1. The Morgan fingerprint density at radius 2 is 1.62 bits per heavy atom. The molecule has 6 heteroatoms. The molecule has 0 fully saturated rings. The van der Waals surface area contributed by atoms with Crippen molar-refractivity contribution >= 4 is 69.6 Å². The van der Waals surface area contributed by atoms with Crippen LogP contribution in [0.3, 0.4) is 0 Å². The fourth-order valence-corrected chi connectivity index (χ4v) is 6.17. The van der Waals surface area contributed by atoms with Gasteiger partial charge >= 0.3 is 0 Å². The van der Waals surface area contributed by atoms with E-state index in [1.54, 1.807) is 0 Å². The molecule has 0 unspecified atom stereocenters. The van der Waals surface area contributed by atoms with E-state index in [0.717, 1.165) is 36.3 Å². The van der Waals surface area contributed by atoms with Gasteiger partial charge in [0.25, 0.3) is 0 Å². The average Bonchev–Trinajstić information content (AvgIpc) is 2.84. The summed E-state index contributed by atoms with van der Waals surface area (Å²) in [6.45, 7) is 12.2. The number of benzene rings is 2. The van der Waals surface area contributed by atoms with Gasteiger partial charge in [-0.2, -0.15) is 0 Å². The maximum Gasteiger partial charge on any atom is 0.0843 e. The molecule has 0 aliphatic carbocycles. The highest BCUT2D eigenvalue weighted by Crippen LogP contribution is 2.37. The third-order valence-corrected chi connectivity index (χ3v) is 6.58. The first-order valence-corrected chi connectivity index (χ1v) is 12.2. The first-order valence-electron chi connectivity index (χ1n) is 9.86. The van der Waals surface area contributed by atoms with E-state index < -0.39 is 6.10 Å². The lowest BCUT2D eigenvalue weighted by atomic mass is 9.82. The van der Waals surface area contributed by atoms with Crippen LogP contribution in [0, 0.1) is 5.41 Å². The maximum absolute atomic E-state index is 10.9. The van der Waals surface area contributed by atoms with Gasteiger partial charge < -0.3 is 15.0 Å². The van der Waals surface area contributed by atoms with Gasteiger partial charge in [-0.3, -0.25) is 0 Å². The van der Waals surface area contributed by atoms with Gasteiger partial charge in [-0.25, -0.2) is 0 Å². The van der Waals surface area contributed by atoms with Gasteiger partial charge in [0, 0.05) is 41.8 Å². The van der Waals surface area contributed by atoms with Crippen molar-refractivity contribution in [2.24, 2.45) is 5.41 Å². The quantitative estimate of drug-likeness (QED) is 0.318. The van der Waals surface area contributed by atoms with Crippen LogP contribution >= 0.6 is 47.8 Å². The van der Waals surface area contributed by atoms with Crippen LogP contribution in [-0.2, 0) is 6.54 Å². The smallest absolute Gasteiger partial charge is 0.0843 e. The SMILES string of the molecule is CC(C)(C)CC(C)(C)NC[C@H](O)Cn1c2ccc(Br)cc2c2cc(Br)cc(Br)c21. The minimum atomic E-state index is -0.493. The Bertz CT molecular complexity index is 1030. The number of halogens is 3. The summed E-state index contributed by atoms with van der Waals surface area (Å²) in [5.74, 6) is 0. The molecule has 3 nitrogen and oxygen atoms in total. The molecular formula is C23H29Br3N2O. The number of nitrogens with zero attached hydrogens (tertiary/aromatic N) is 1. The van der Waals surface area contributed by atoms with Crippen LogP contribution in [-0.4, -0.2) is 27.9 Å². The van der Waals surface area contributed by atoms with Crippen molar-refractivity contribution in [3.05, 3.63) is 43.7 Å². The molecule has 0 aliphatic heterocycles. The third-order valence-electron chi connectivity index (χ3n) is 5.02. The van der Waals surface area contributed by atoms with Crippen LogP contribution in [0.1, 0.15) is 41.0 Å². The Hall–Kier alpha value is -0.400. The summed E-state index contributed by atoms with van der Waals surface area (Å²) in [7, 11) is 0. The lowest BCUT2D eigenvalue weighted by molar-refractivity contribution is 0.133. The number of nitrogens with one attached hydrogen (secondary N) is 1. The van der Waals surface area contributed by atoms with Gasteiger partial charge in [-0.05, 0) is 71.9 Å². The summed E-state index contributed by atoms with van der Waals surface area (Å²) in [6, 6.07) is 10.5. The summed E-state index contributed by atoms with van der Waals surface area (Å²) in [4.78, 5) is 0. The van der Waals surface area contributed by atoms with Crippen molar-refractivity contribution in [1.82, 2.24) is 9.88 Å². The van der Waals surface area contributed by atoms with E-state index in [2.05, 4.69) is 123 Å². The summed E-state index contributed by atoms with van der Waals surface area (Å²) < 4.78 is 5.31. The van der Waals surface area contributed by atoms with Crippen LogP contribution in [0.5, 0.6) is 0 Å². The van der Waals surface area contributed by atoms with E-state index in [1.165, 1.54) is 5.39 Å². The molecule has 2 aromatic carbocycles. The Morgan fingerprint density at radius 3 is 2.28 bits per heavy atom. The molecule has 1 aromatic heterocycles. The minimum Gasteiger partial charge on any atom is -0.390 e. The monoisotopic (exact) mass is 586 g/mol. The predicted octanol–water partition coefficient (Wildman–Crippen LogP) is 7.25. The number of fused-ring (bicyclic) bond motifs is 3. The molecule has 1 atom stereocenters. The van der Waals surface area contributed by atoms with Crippen LogP contribution in [0.15, 0.2) is 43.7 Å². The fourth-order valence-electron chi connectivity index (χ4n) is 4.37. The molecule has 1 heterocycles. The van der Waals surface area contributed by atoms with Gasteiger partial charge in [-0.15, -0.1) is 0 Å². The highest BCUT2D eigenvalue weighted by atomic mass is 79.9. The van der Waals surface area contributed by atoms with Gasteiger partial charge in [0.1, 0.15) is 0 Å². The van der Waals surface area contributed by atoms with E-state index in [9.17, 15) is 5.11 Å². The van der Waals surface area contributed by atoms with Crippen molar-refractivity contribution in [2.75, 3.05) is 6.54 Å². The number of rotatable bonds is 6. The van der Waals surface area contributed by atoms with Crippen LogP contribution in [0.2, 0.25) is 0 Å². The second-order valence-corrected chi connectivity index (χ2v) is 12.4. The first kappa shape index (κ1) is 23.3. The number of hydrogen-bond acceptors (Lipinski definition) is 2. The van der Waals surface area contributed by atoms with E-state index in [-0.39, 0.29) is 11.0 Å². The molecule has 0 saturated carbocycles. The molecule has 158 valence electrons. The summed E-state index contributed by atoms with van der Waals surface area (Å²) in [5.41, 5.74) is 2.43. The van der Waals surface area contributed by atoms with Crippen molar-refractivity contribution in [1.29, 1.82) is 0 Å². The molecule has 0 amide bonds. The Balaban J connectivity index is 1.91. The molecular weight excluding hydrogens is 560 g/mol. The van der Waals surface area contributed by atoms with E-state index in [0.29, 0.717) is 13.1 Å². The topological polar surface area (TPSA) is 37.2 Å². The van der Waals surface area contributed by atoms with Crippen molar-refractivity contribution < 1.29 is 5.11 Å². The second-order valence-electron chi connectivity index (χ2n) is 9.71. The first-order chi connectivity index (χ1) is 13.4. The highest BCUT2D eigenvalue weighted by Gasteiger charge is 2.26. The van der Waals surface area contributed by atoms with Crippen molar-refractivity contribution in [3.8, 4) is 0 Å². The summed E-state index contributed by atoms with van der Waals surface area (Å²) >= 11 is 10.9. The fraction of sp³-hybridized carbons (Fsp3) is 0.478. The van der Waals surface area contributed by atoms with Gasteiger partial charge in [0.15, 0.2) is 0 Å². The largest absolute Gasteiger partial charge is 0.390 e. The van der Waals surface area contributed by atoms with Crippen LogP contribution in [0.4, 0.5) is 0 Å². The normalized spacial score (nSPS) is 14.1. The second kappa shape index (κ2) is 8.62. The van der Waals surface area contributed by atoms with E-state index >= 15 is 0 Å². The lowest BCUT2D eigenvalue weighted by Gasteiger charge is -2.34. The summed E-state index contributed by atoms with van der Waals surface area (Å²) in [6.07, 6.45) is 0.544. The van der Waals surface area contributed by atoms with Crippen LogP contribution in [0.25, 0.3) is 21.8 Å². The van der Waals surface area contributed by atoms with E-state index in [1.807, 2.05) is 0 Å². The molecule has 0 saturated heterocycles. The Morgan fingerprint density at radius 1 is 0.966 bits per heavy atom. The van der Waals surface area contributed by atoms with Gasteiger partial charge in [-0.1, -0.05) is 52.6 Å². The zero-order valence-electron chi connectivity index (χ0n) is 17.6. The van der Waals surface area contributed by atoms with Crippen molar-refractivity contribution in [3.63, 3.8) is 0 Å². The molecule has 2 N–H and O–H groups in total. The zero-order chi connectivity index (χ0) is 21.6. The predicted molar refractivity (Wildman–Crippen MR) is 135 cm³/mol. The van der Waals surface area contributed by atoms with E-state index in [4.69, 9.17) is 0 Å². The Labute approximate surface area is 198 Å². The Kier molecular flexibility index (Phi) is 6.92. The molecule has 3 aromatic rings. The number of β-amino-alcohol motifs (C(OH)–C–C–N with tert-alkyl or cyclic N) is 1. The summed E-state index contributed by atoms with van der Waals surface area (Å²) in [5, 5.41) is 16.8. The molecule has 0 radical (unpaired) electrons. The van der Waals surface area contributed by atoms with Gasteiger partial charge in [0.05, 0.1) is 18.2 Å². The molecule has 0 aliphatic rings. The van der Waals surface area contributed by atoms with Crippen LogP contribution < -0.4 is 5.32 Å². The molecule has 0 bridgehead atoms. The minimum absolute atomic E-state index is 0.0314. The molecule has 3 rings (SSSR count). The zero-order valence-corrected chi connectivity index (χ0v) is 22.4. The highest BCUT2D eigenvalue weighted by molar-refractivity contribution is 9.11. The standard InChI is InChI=1S/C23H29Br3N2O/c1-22(2,3)13-23(4,5)27-11-16(29)12-28-20-7-6-14(24)8-17(20)18-9-15(25)10-19(26)21(18)28/h6-10,16,27,29H,11-13H2,1-5H3/t16-/m0/s1.